The van der Waals surface area contributed by atoms with Crippen LogP contribution in [0.1, 0.15) is 38.6 Å². The lowest BCUT2D eigenvalue weighted by Gasteiger charge is -2.22. The van der Waals surface area contributed by atoms with Gasteiger partial charge in [-0.25, -0.2) is 0 Å². The first kappa shape index (κ1) is 8.69. The van der Waals surface area contributed by atoms with Crippen molar-refractivity contribution in [2.24, 2.45) is 0 Å². The number of hydrogen-bond donors (Lipinski definition) is 0. The molecule has 2 rings (SSSR count). The van der Waals surface area contributed by atoms with E-state index in [-0.39, 0.29) is 5.60 Å². The van der Waals surface area contributed by atoms with Crippen LogP contribution in [0.25, 0.3) is 0 Å². The number of aromatic nitrogens is 3. The Hall–Kier alpha value is -0.900. The minimum absolute atomic E-state index is 0.334. The van der Waals surface area contributed by atoms with Crippen LogP contribution in [-0.2, 0) is 10.3 Å². The number of methoxy groups -OCH3 is 1. The molecule has 4 heteroatoms. The van der Waals surface area contributed by atoms with E-state index in [4.69, 9.17) is 4.74 Å². The van der Waals surface area contributed by atoms with Crippen LogP contribution in [0.15, 0.2) is 6.33 Å². The fourth-order valence-corrected chi connectivity index (χ4v) is 1.38. The highest BCUT2D eigenvalue weighted by molar-refractivity contribution is 5.02. The van der Waals surface area contributed by atoms with E-state index in [1.165, 1.54) is 12.8 Å². The molecule has 0 saturated heterocycles. The molecule has 1 aliphatic rings. The molecule has 0 spiro atoms. The molecule has 1 saturated carbocycles. The summed E-state index contributed by atoms with van der Waals surface area (Å²) in [5.74, 6) is 0.928. The summed E-state index contributed by atoms with van der Waals surface area (Å²) < 4.78 is 7.51. The Morgan fingerprint density at radius 2 is 2.23 bits per heavy atom. The van der Waals surface area contributed by atoms with Crippen molar-refractivity contribution in [1.82, 2.24) is 14.8 Å². The molecule has 1 aliphatic carbocycles. The van der Waals surface area contributed by atoms with Crippen molar-refractivity contribution in [2.45, 2.75) is 38.3 Å². The van der Waals surface area contributed by atoms with Crippen molar-refractivity contribution in [3.63, 3.8) is 0 Å². The maximum absolute atomic E-state index is 5.38. The minimum atomic E-state index is -0.334. The normalized spacial score (nSPS) is 17.8. The van der Waals surface area contributed by atoms with E-state index in [0.29, 0.717) is 6.04 Å². The first-order chi connectivity index (χ1) is 6.15. The van der Waals surface area contributed by atoms with Gasteiger partial charge in [0.05, 0.1) is 0 Å². The van der Waals surface area contributed by atoms with Gasteiger partial charge < -0.3 is 9.30 Å². The van der Waals surface area contributed by atoms with Crippen LogP contribution in [0.3, 0.4) is 0 Å². The minimum Gasteiger partial charge on any atom is -0.371 e. The van der Waals surface area contributed by atoms with Crippen molar-refractivity contribution in [2.75, 3.05) is 7.11 Å². The Morgan fingerprint density at radius 1 is 1.54 bits per heavy atom. The first-order valence-corrected chi connectivity index (χ1v) is 4.60. The maximum atomic E-state index is 5.38. The average molecular weight is 181 g/mol. The third-order valence-electron chi connectivity index (χ3n) is 2.56. The molecule has 0 aliphatic heterocycles. The molecule has 0 amide bonds. The second-order valence-corrected chi connectivity index (χ2v) is 4.01. The lowest BCUT2D eigenvalue weighted by Crippen LogP contribution is -2.24. The van der Waals surface area contributed by atoms with Gasteiger partial charge in [0.2, 0.25) is 0 Å². The van der Waals surface area contributed by atoms with Crippen molar-refractivity contribution in [3.8, 4) is 0 Å². The van der Waals surface area contributed by atoms with Crippen LogP contribution in [0.4, 0.5) is 0 Å². The summed E-state index contributed by atoms with van der Waals surface area (Å²) in [7, 11) is 1.70. The molecule has 1 fully saturated rings. The quantitative estimate of drug-likeness (QED) is 0.709. The number of hydrogen-bond acceptors (Lipinski definition) is 3. The second-order valence-electron chi connectivity index (χ2n) is 4.01. The van der Waals surface area contributed by atoms with Gasteiger partial charge in [0.1, 0.15) is 11.9 Å². The van der Waals surface area contributed by atoms with Crippen molar-refractivity contribution < 1.29 is 4.74 Å². The zero-order valence-corrected chi connectivity index (χ0v) is 8.32. The number of nitrogens with zero attached hydrogens (tertiary/aromatic N) is 3. The van der Waals surface area contributed by atoms with Gasteiger partial charge in [-0.3, -0.25) is 0 Å². The summed E-state index contributed by atoms with van der Waals surface area (Å²) in [6.45, 7) is 4.02. The van der Waals surface area contributed by atoms with E-state index in [0.717, 1.165) is 5.82 Å². The molecule has 13 heavy (non-hydrogen) atoms. The van der Waals surface area contributed by atoms with E-state index in [1.54, 1.807) is 13.4 Å². The summed E-state index contributed by atoms with van der Waals surface area (Å²) in [5.41, 5.74) is -0.334. The lowest BCUT2D eigenvalue weighted by atomic mass is 10.1. The predicted octanol–water partition coefficient (Wildman–Crippen LogP) is 1.49. The smallest absolute Gasteiger partial charge is 0.164 e. The highest BCUT2D eigenvalue weighted by Crippen LogP contribution is 2.37. The maximum Gasteiger partial charge on any atom is 0.164 e. The summed E-state index contributed by atoms with van der Waals surface area (Å²) in [6.07, 6.45) is 4.28. The molecule has 0 bridgehead atoms. The Morgan fingerprint density at radius 3 is 2.77 bits per heavy atom. The molecule has 72 valence electrons. The molecule has 0 radical (unpaired) electrons. The Bertz CT molecular complexity index is 302. The summed E-state index contributed by atoms with van der Waals surface area (Å²) in [6, 6.07) is 0.611. The fourth-order valence-electron chi connectivity index (χ4n) is 1.38. The van der Waals surface area contributed by atoms with Gasteiger partial charge in [0, 0.05) is 13.2 Å². The van der Waals surface area contributed by atoms with Crippen molar-refractivity contribution in [3.05, 3.63) is 12.2 Å². The van der Waals surface area contributed by atoms with Gasteiger partial charge in [-0.05, 0) is 26.7 Å². The van der Waals surface area contributed by atoms with E-state index < -0.39 is 0 Å². The van der Waals surface area contributed by atoms with E-state index in [1.807, 2.05) is 13.8 Å². The number of ether oxygens (including phenoxy) is 1. The lowest BCUT2D eigenvalue weighted by molar-refractivity contribution is 0.00816. The summed E-state index contributed by atoms with van der Waals surface area (Å²) in [5, 5.41) is 8.04. The monoisotopic (exact) mass is 181 g/mol. The molecule has 1 aromatic rings. The van der Waals surface area contributed by atoms with Gasteiger partial charge in [-0.1, -0.05) is 0 Å². The second kappa shape index (κ2) is 2.80. The van der Waals surface area contributed by atoms with Crippen LogP contribution >= 0.6 is 0 Å². The van der Waals surface area contributed by atoms with Gasteiger partial charge in [-0.15, -0.1) is 10.2 Å². The van der Waals surface area contributed by atoms with Crippen LogP contribution in [0, 0.1) is 0 Å². The summed E-state index contributed by atoms with van der Waals surface area (Å²) >= 11 is 0. The molecule has 1 aromatic heterocycles. The molecular formula is C9H15N3O. The number of rotatable bonds is 3. The third kappa shape index (κ3) is 1.46. The Kier molecular flexibility index (Phi) is 1.87. The van der Waals surface area contributed by atoms with Gasteiger partial charge in [0.15, 0.2) is 5.82 Å². The third-order valence-corrected chi connectivity index (χ3v) is 2.56. The Labute approximate surface area is 77.9 Å². The molecule has 4 nitrogen and oxygen atoms in total. The van der Waals surface area contributed by atoms with Gasteiger partial charge in [-0.2, -0.15) is 0 Å². The zero-order chi connectivity index (χ0) is 9.47. The predicted molar refractivity (Wildman–Crippen MR) is 48.3 cm³/mol. The highest BCUT2D eigenvalue weighted by atomic mass is 16.5. The average Bonchev–Trinajstić information content (AvgIpc) is 2.83. The van der Waals surface area contributed by atoms with Crippen molar-refractivity contribution >= 4 is 0 Å². The van der Waals surface area contributed by atoms with Gasteiger partial charge in [0.25, 0.3) is 0 Å². The molecule has 0 N–H and O–H groups in total. The highest BCUT2D eigenvalue weighted by Gasteiger charge is 2.32. The molecular weight excluding hydrogens is 166 g/mol. The van der Waals surface area contributed by atoms with E-state index in [2.05, 4.69) is 14.8 Å². The van der Waals surface area contributed by atoms with Crippen LogP contribution in [-0.4, -0.2) is 21.9 Å². The van der Waals surface area contributed by atoms with Crippen LogP contribution in [0.5, 0.6) is 0 Å². The van der Waals surface area contributed by atoms with Crippen molar-refractivity contribution in [1.29, 1.82) is 0 Å². The Balaban J connectivity index is 2.33. The topological polar surface area (TPSA) is 39.9 Å². The summed E-state index contributed by atoms with van der Waals surface area (Å²) in [4.78, 5) is 0. The molecule has 1 heterocycles. The van der Waals surface area contributed by atoms with E-state index in [9.17, 15) is 0 Å². The van der Waals surface area contributed by atoms with E-state index >= 15 is 0 Å². The van der Waals surface area contributed by atoms with Crippen LogP contribution < -0.4 is 0 Å². The first-order valence-electron chi connectivity index (χ1n) is 4.60. The van der Waals surface area contributed by atoms with Crippen LogP contribution in [0.2, 0.25) is 0 Å². The molecule has 0 unspecified atom stereocenters. The molecule has 0 atom stereocenters. The SMILES string of the molecule is COC(C)(C)c1nncn1C1CC1. The zero-order valence-electron chi connectivity index (χ0n) is 8.32. The largest absolute Gasteiger partial charge is 0.371 e. The van der Waals surface area contributed by atoms with Gasteiger partial charge >= 0.3 is 0 Å². The molecule has 0 aromatic carbocycles. The fraction of sp³-hybridized carbons (Fsp3) is 0.778. The standard InChI is InChI=1S/C9H15N3O/c1-9(2,13-3)8-11-10-6-12(8)7-4-5-7/h6-7H,4-5H2,1-3H3.